The second-order valence-electron chi connectivity index (χ2n) is 5.30. The van der Waals surface area contributed by atoms with Crippen molar-refractivity contribution in [3.05, 3.63) is 40.7 Å². The summed E-state index contributed by atoms with van der Waals surface area (Å²) in [5, 5.41) is 10.2. The highest BCUT2D eigenvalue weighted by Crippen LogP contribution is 2.38. The van der Waals surface area contributed by atoms with Crippen LogP contribution >= 0.6 is 11.3 Å². The van der Waals surface area contributed by atoms with Crippen LogP contribution in [0.25, 0.3) is 0 Å². The monoisotopic (exact) mass is 303 g/mol. The fourth-order valence-corrected chi connectivity index (χ4v) is 3.76. The van der Waals surface area contributed by atoms with Crippen molar-refractivity contribution in [2.24, 2.45) is 0 Å². The van der Waals surface area contributed by atoms with Crippen LogP contribution < -0.4 is 4.90 Å². The third kappa shape index (κ3) is 2.90. The van der Waals surface area contributed by atoms with Gasteiger partial charge in [0.25, 0.3) is 0 Å². The predicted molar refractivity (Wildman–Crippen MR) is 81.8 cm³/mol. The van der Waals surface area contributed by atoms with Crippen LogP contribution in [0.3, 0.4) is 0 Å². The standard InChI is InChI=1S/C15H17N3O2S/c1-18(9-10-5-7-16-8-6-10)15-17-13-11(14(19)20)3-2-4-12(13)21-15/h5-8,11H,2-4,9H2,1H3,(H,19,20). The lowest BCUT2D eigenvalue weighted by atomic mass is 9.91. The molecule has 5 nitrogen and oxygen atoms in total. The van der Waals surface area contributed by atoms with Gasteiger partial charge in [-0.05, 0) is 37.0 Å². The molecule has 3 rings (SSSR count). The Labute approximate surface area is 127 Å². The van der Waals surface area contributed by atoms with E-state index in [1.165, 1.54) is 0 Å². The van der Waals surface area contributed by atoms with E-state index in [1.807, 2.05) is 19.2 Å². The normalized spacial score (nSPS) is 17.3. The molecule has 0 aliphatic heterocycles. The molecule has 110 valence electrons. The van der Waals surface area contributed by atoms with Gasteiger partial charge in [-0.15, -0.1) is 11.3 Å². The molecule has 1 N–H and O–H groups in total. The van der Waals surface area contributed by atoms with Gasteiger partial charge in [-0.25, -0.2) is 4.98 Å². The van der Waals surface area contributed by atoms with Crippen molar-refractivity contribution >= 4 is 22.4 Å². The highest BCUT2D eigenvalue weighted by Gasteiger charge is 2.30. The van der Waals surface area contributed by atoms with Crippen LogP contribution in [-0.4, -0.2) is 28.1 Å². The lowest BCUT2D eigenvalue weighted by Crippen LogP contribution is -2.18. The lowest BCUT2D eigenvalue weighted by Gasteiger charge is -2.16. The largest absolute Gasteiger partial charge is 0.481 e. The Kier molecular flexibility index (Phi) is 3.88. The molecule has 1 atom stereocenters. The molecule has 0 saturated carbocycles. The maximum absolute atomic E-state index is 11.3. The zero-order valence-electron chi connectivity index (χ0n) is 11.8. The number of carboxylic acid groups (broad SMARTS) is 1. The Bertz CT molecular complexity index is 642. The molecule has 1 aliphatic carbocycles. The van der Waals surface area contributed by atoms with Gasteiger partial charge in [0.2, 0.25) is 0 Å². The van der Waals surface area contributed by atoms with E-state index in [-0.39, 0.29) is 0 Å². The minimum absolute atomic E-state index is 0.437. The van der Waals surface area contributed by atoms with Gasteiger partial charge < -0.3 is 10.0 Å². The zero-order chi connectivity index (χ0) is 14.8. The predicted octanol–water partition coefficient (Wildman–Crippen LogP) is 2.68. The highest BCUT2D eigenvalue weighted by atomic mass is 32.1. The van der Waals surface area contributed by atoms with E-state index in [0.717, 1.165) is 40.7 Å². The minimum atomic E-state index is -0.760. The molecule has 2 aromatic heterocycles. The molecule has 21 heavy (non-hydrogen) atoms. The third-order valence-electron chi connectivity index (χ3n) is 3.74. The smallest absolute Gasteiger partial charge is 0.312 e. The number of anilines is 1. The number of hydrogen-bond donors (Lipinski definition) is 1. The van der Waals surface area contributed by atoms with Gasteiger partial charge in [-0.1, -0.05) is 0 Å². The fraction of sp³-hybridized carbons (Fsp3) is 0.400. The summed E-state index contributed by atoms with van der Waals surface area (Å²) in [6.07, 6.45) is 6.12. The molecule has 0 aromatic carbocycles. The first-order chi connectivity index (χ1) is 10.1. The zero-order valence-corrected chi connectivity index (χ0v) is 12.6. The summed E-state index contributed by atoms with van der Waals surface area (Å²) in [5.41, 5.74) is 1.94. The van der Waals surface area contributed by atoms with Gasteiger partial charge in [0, 0.05) is 30.9 Å². The van der Waals surface area contributed by atoms with Crippen LogP contribution in [0.4, 0.5) is 5.13 Å². The van der Waals surface area contributed by atoms with Gasteiger partial charge in [0.1, 0.15) is 5.92 Å². The number of aliphatic carboxylic acids is 1. The number of hydrogen-bond acceptors (Lipinski definition) is 5. The number of fused-ring (bicyclic) bond motifs is 1. The molecule has 0 bridgehead atoms. The number of thiazole rings is 1. The van der Waals surface area contributed by atoms with E-state index in [1.54, 1.807) is 23.7 Å². The van der Waals surface area contributed by atoms with Crippen molar-refractivity contribution in [2.45, 2.75) is 31.7 Å². The van der Waals surface area contributed by atoms with Gasteiger partial charge in [0.05, 0.1) is 5.69 Å². The molecule has 2 aromatic rings. The summed E-state index contributed by atoms with van der Waals surface area (Å²) in [6.45, 7) is 0.743. The minimum Gasteiger partial charge on any atom is -0.481 e. The molecule has 2 heterocycles. The van der Waals surface area contributed by atoms with Crippen LogP contribution in [0.5, 0.6) is 0 Å². The number of carboxylic acids is 1. The fourth-order valence-electron chi connectivity index (χ4n) is 2.64. The van der Waals surface area contributed by atoms with Gasteiger partial charge in [-0.2, -0.15) is 0 Å². The second kappa shape index (κ2) is 5.81. The average molecular weight is 303 g/mol. The Hall–Kier alpha value is -1.95. The van der Waals surface area contributed by atoms with Crippen LogP contribution in [0.2, 0.25) is 0 Å². The van der Waals surface area contributed by atoms with Crippen molar-refractivity contribution < 1.29 is 9.90 Å². The number of aryl methyl sites for hydroxylation is 1. The lowest BCUT2D eigenvalue weighted by molar-refractivity contribution is -0.139. The SMILES string of the molecule is CN(Cc1ccncc1)c1nc2c(s1)CCCC2C(=O)O. The number of rotatable bonds is 4. The quantitative estimate of drug-likeness (QED) is 0.940. The Balaban J connectivity index is 1.82. The van der Waals surface area contributed by atoms with Gasteiger partial charge in [-0.3, -0.25) is 9.78 Å². The summed E-state index contributed by atoms with van der Waals surface area (Å²) in [5.74, 6) is -1.20. The van der Waals surface area contributed by atoms with Crippen molar-refractivity contribution in [3.8, 4) is 0 Å². The average Bonchev–Trinajstić information content (AvgIpc) is 2.92. The number of nitrogens with zero attached hydrogens (tertiary/aromatic N) is 3. The first kappa shape index (κ1) is 14.0. The first-order valence-electron chi connectivity index (χ1n) is 6.97. The molecule has 1 unspecified atom stereocenters. The van der Waals surface area contributed by atoms with E-state index in [0.29, 0.717) is 6.42 Å². The van der Waals surface area contributed by atoms with Gasteiger partial charge in [0.15, 0.2) is 5.13 Å². The van der Waals surface area contributed by atoms with Crippen LogP contribution in [0.15, 0.2) is 24.5 Å². The molecule has 6 heteroatoms. The summed E-state index contributed by atoms with van der Waals surface area (Å²) < 4.78 is 0. The number of carbonyl (C=O) groups is 1. The van der Waals surface area contributed by atoms with Crippen LogP contribution in [0, 0.1) is 0 Å². The maximum Gasteiger partial charge on any atom is 0.312 e. The van der Waals surface area contributed by atoms with Gasteiger partial charge >= 0.3 is 5.97 Å². The van der Waals surface area contributed by atoms with E-state index in [9.17, 15) is 9.90 Å². The summed E-state index contributed by atoms with van der Waals surface area (Å²) in [4.78, 5) is 23.1. The molecule has 0 radical (unpaired) electrons. The molecule has 0 fully saturated rings. The summed E-state index contributed by atoms with van der Waals surface area (Å²) >= 11 is 1.62. The van der Waals surface area contributed by atoms with Crippen molar-refractivity contribution in [3.63, 3.8) is 0 Å². The Morgan fingerprint density at radius 3 is 2.95 bits per heavy atom. The van der Waals surface area contributed by atoms with Crippen molar-refractivity contribution in [1.29, 1.82) is 0 Å². The van der Waals surface area contributed by atoms with Crippen molar-refractivity contribution in [2.75, 3.05) is 11.9 Å². The number of pyridine rings is 1. The molecule has 0 amide bonds. The summed E-state index contributed by atoms with van der Waals surface area (Å²) in [6, 6.07) is 3.95. The maximum atomic E-state index is 11.3. The summed E-state index contributed by atoms with van der Waals surface area (Å²) in [7, 11) is 1.99. The van der Waals surface area contributed by atoms with E-state index >= 15 is 0 Å². The topological polar surface area (TPSA) is 66.3 Å². The number of aromatic nitrogens is 2. The highest BCUT2D eigenvalue weighted by molar-refractivity contribution is 7.15. The molecule has 1 aliphatic rings. The molecule has 0 saturated heterocycles. The molecular formula is C15H17N3O2S. The van der Waals surface area contributed by atoms with Crippen molar-refractivity contribution in [1.82, 2.24) is 9.97 Å². The molecule has 0 spiro atoms. The Morgan fingerprint density at radius 1 is 1.48 bits per heavy atom. The third-order valence-corrected chi connectivity index (χ3v) is 4.98. The van der Waals surface area contributed by atoms with Crippen LogP contribution in [-0.2, 0) is 17.8 Å². The molecular weight excluding hydrogens is 286 g/mol. The van der Waals surface area contributed by atoms with E-state index in [4.69, 9.17) is 0 Å². The van der Waals surface area contributed by atoms with E-state index in [2.05, 4.69) is 14.9 Å². The second-order valence-corrected chi connectivity index (χ2v) is 6.36. The first-order valence-corrected chi connectivity index (χ1v) is 7.79. The Morgan fingerprint density at radius 2 is 2.24 bits per heavy atom. The van der Waals surface area contributed by atoms with Crippen LogP contribution in [0.1, 0.15) is 34.9 Å². The van der Waals surface area contributed by atoms with E-state index < -0.39 is 11.9 Å².